The van der Waals surface area contributed by atoms with Gasteiger partial charge in [-0.1, -0.05) is 42.5 Å². The molecule has 0 unspecified atom stereocenters. The van der Waals surface area contributed by atoms with Gasteiger partial charge in [0.15, 0.2) is 0 Å². The normalized spacial score (nSPS) is 26.7. The van der Waals surface area contributed by atoms with E-state index in [1.165, 1.54) is 0 Å². The average molecular weight is 381 g/mol. The largest absolute Gasteiger partial charge is 0.488 e. The van der Waals surface area contributed by atoms with Crippen LogP contribution in [-0.4, -0.2) is 47.3 Å². The van der Waals surface area contributed by atoms with Crippen LogP contribution in [0, 0.1) is 0 Å². The number of likely N-dealkylation sites (tertiary alicyclic amines) is 1. The molecule has 0 bridgehead atoms. The van der Waals surface area contributed by atoms with Gasteiger partial charge >= 0.3 is 0 Å². The smallest absolute Gasteiger partial charge is 0.257 e. The molecule has 148 valence electrons. The maximum absolute atomic E-state index is 13.4. The summed E-state index contributed by atoms with van der Waals surface area (Å²) in [4.78, 5) is 15.3. The summed E-state index contributed by atoms with van der Waals surface area (Å²) in [5, 5.41) is 10.2. The van der Waals surface area contributed by atoms with Crippen LogP contribution in [0.3, 0.4) is 0 Å². The first kappa shape index (κ1) is 19.0. The molecule has 3 atom stereocenters. The lowest BCUT2D eigenvalue weighted by Crippen LogP contribution is -2.52. The molecular weight excluding hydrogens is 354 g/mol. The summed E-state index contributed by atoms with van der Waals surface area (Å²) < 4.78 is 11.9. The Morgan fingerprint density at radius 1 is 1.14 bits per heavy atom. The van der Waals surface area contributed by atoms with Crippen molar-refractivity contribution in [2.45, 2.75) is 50.0 Å². The van der Waals surface area contributed by atoms with E-state index in [-0.39, 0.29) is 23.7 Å². The number of aliphatic hydroxyl groups excluding tert-OH is 1. The number of carbonyl (C=O) groups is 1. The zero-order valence-electron chi connectivity index (χ0n) is 16.2. The van der Waals surface area contributed by atoms with Crippen LogP contribution in [0.4, 0.5) is 0 Å². The standard InChI is InChI=1S/C23H27NO4/c1-27-23-12-11-18(25)15-21(23)24(14-13-23)22(26)19-9-5-6-10-20(19)28-16-17-7-3-2-4-8-17/h2-10,18,21,25H,11-16H2,1H3/t18-,21-,23+/m0/s1. The molecule has 2 aromatic carbocycles. The van der Waals surface area contributed by atoms with Gasteiger partial charge in [0.1, 0.15) is 12.4 Å². The Morgan fingerprint density at radius 2 is 1.89 bits per heavy atom. The molecule has 0 aromatic heterocycles. The Hall–Kier alpha value is -2.37. The zero-order valence-corrected chi connectivity index (χ0v) is 16.2. The molecule has 28 heavy (non-hydrogen) atoms. The molecule has 0 spiro atoms. The predicted molar refractivity (Wildman–Crippen MR) is 106 cm³/mol. The van der Waals surface area contributed by atoms with Crippen LogP contribution >= 0.6 is 0 Å². The lowest BCUT2D eigenvalue weighted by atomic mass is 9.79. The van der Waals surface area contributed by atoms with E-state index < -0.39 is 0 Å². The van der Waals surface area contributed by atoms with Crippen molar-refractivity contribution in [3.63, 3.8) is 0 Å². The van der Waals surface area contributed by atoms with Crippen LogP contribution < -0.4 is 4.74 Å². The minimum absolute atomic E-state index is 0.0540. The zero-order chi connectivity index (χ0) is 19.6. The van der Waals surface area contributed by atoms with Gasteiger partial charge in [0.2, 0.25) is 0 Å². The van der Waals surface area contributed by atoms with Crippen molar-refractivity contribution in [3.05, 3.63) is 65.7 Å². The Balaban J connectivity index is 1.55. The van der Waals surface area contributed by atoms with Gasteiger partial charge in [-0.25, -0.2) is 0 Å². The average Bonchev–Trinajstić information content (AvgIpc) is 3.12. The summed E-state index contributed by atoms with van der Waals surface area (Å²) in [5.41, 5.74) is 1.28. The highest BCUT2D eigenvalue weighted by Gasteiger charge is 2.52. The van der Waals surface area contributed by atoms with E-state index in [9.17, 15) is 9.90 Å². The van der Waals surface area contributed by atoms with E-state index in [1.54, 1.807) is 7.11 Å². The number of amides is 1. The molecule has 2 aliphatic rings. The summed E-state index contributed by atoms with van der Waals surface area (Å²) in [7, 11) is 1.72. The molecule has 5 nitrogen and oxygen atoms in total. The topological polar surface area (TPSA) is 59.0 Å². The first-order valence-corrected chi connectivity index (χ1v) is 9.93. The highest BCUT2D eigenvalue weighted by molar-refractivity contribution is 5.97. The molecule has 1 saturated heterocycles. The number of fused-ring (bicyclic) bond motifs is 1. The highest BCUT2D eigenvalue weighted by atomic mass is 16.5. The molecule has 2 aromatic rings. The first-order chi connectivity index (χ1) is 13.6. The third-order valence-corrected chi connectivity index (χ3v) is 6.18. The third kappa shape index (κ3) is 3.52. The predicted octanol–water partition coefficient (Wildman–Crippen LogP) is 3.41. The number of rotatable bonds is 5. The van der Waals surface area contributed by atoms with Crippen LogP contribution in [0.1, 0.15) is 41.6 Å². The molecule has 1 heterocycles. The number of benzene rings is 2. The maximum atomic E-state index is 13.4. The Bertz CT molecular complexity index is 824. The summed E-state index contributed by atoms with van der Waals surface area (Å²) in [6.07, 6.45) is 2.49. The fourth-order valence-electron chi connectivity index (χ4n) is 4.58. The Morgan fingerprint density at radius 3 is 2.68 bits per heavy atom. The number of hydrogen-bond acceptors (Lipinski definition) is 4. The van der Waals surface area contributed by atoms with Crippen molar-refractivity contribution >= 4 is 5.91 Å². The fraction of sp³-hybridized carbons (Fsp3) is 0.435. The van der Waals surface area contributed by atoms with Crippen molar-refractivity contribution in [2.75, 3.05) is 13.7 Å². The number of para-hydroxylation sites is 1. The van der Waals surface area contributed by atoms with Gasteiger partial charge in [0.25, 0.3) is 5.91 Å². The second kappa shape index (κ2) is 7.94. The van der Waals surface area contributed by atoms with Gasteiger partial charge in [-0.3, -0.25) is 4.79 Å². The van der Waals surface area contributed by atoms with Crippen molar-refractivity contribution < 1.29 is 19.4 Å². The lowest BCUT2D eigenvalue weighted by Gasteiger charge is -2.42. The van der Waals surface area contributed by atoms with E-state index in [4.69, 9.17) is 9.47 Å². The first-order valence-electron chi connectivity index (χ1n) is 9.93. The van der Waals surface area contributed by atoms with Crippen LogP contribution in [0.5, 0.6) is 5.75 Å². The molecule has 1 N–H and O–H groups in total. The molecule has 1 aliphatic heterocycles. The van der Waals surface area contributed by atoms with Crippen LogP contribution in [0.2, 0.25) is 0 Å². The monoisotopic (exact) mass is 381 g/mol. The van der Waals surface area contributed by atoms with Crippen LogP contribution in [-0.2, 0) is 11.3 Å². The van der Waals surface area contributed by atoms with Gasteiger partial charge in [0.05, 0.1) is 23.3 Å². The van der Waals surface area contributed by atoms with Crippen molar-refractivity contribution in [1.82, 2.24) is 4.90 Å². The fourth-order valence-corrected chi connectivity index (χ4v) is 4.58. The SMILES string of the molecule is CO[C@@]12CC[C@H](O)C[C@@H]1N(C(=O)c1ccccc1OCc1ccccc1)CC2. The van der Waals surface area contributed by atoms with Gasteiger partial charge in [-0.2, -0.15) is 0 Å². The molecule has 2 fully saturated rings. The summed E-state index contributed by atoms with van der Waals surface area (Å²) in [6.45, 7) is 1.05. The highest BCUT2D eigenvalue weighted by Crippen LogP contribution is 2.43. The van der Waals surface area contributed by atoms with Gasteiger partial charge in [-0.05, 0) is 43.4 Å². The van der Waals surface area contributed by atoms with Crippen molar-refractivity contribution in [2.24, 2.45) is 0 Å². The van der Waals surface area contributed by atoms with E-state index in [0.717, 1.165) is 24.8 Å². The third-order valence-electron chi connectivity index (χ3n) is 6.18. The number of carbonyl (C=O) groups excluding carboxylic acids is 1. The second-order valence-corrected chi connectivity index (χ2v) is 7.73. The molecule has 0 radical (unpaired) electrons. The Labute approximate surface area is 165 Å². The number of methoxy groups -OCH3 is 1. The minimum Gasteiger partial charge on any atom is -0.488 e. The quantitative estimate of drug-likeness (QED) is 0.862. The van der Waals surface area contributed by atoms with Crippen molar-refractivity contribution in [1.29, 1.82) is 0 Å². The van der Waals surface area contributed by atoms with Crippen molar-refractivity contribution in [3.8, 4) is 5.75 Å². The number of nitrogens with zero attached hydrogens (tertiary/aromatic N) is 1. The summed E-state index contributed by atoms with van der Waals surface area (Å²) >= 11 is 0. The molecule has 1 saturated carbocycles. The second-order valence-electron chi connectivity index (χ2n) is 7.73. The van der Waals surface area contributed by atoms with E-state index >= 15 is 0 Å². The van der Waals surface area contributed by atoms with Crippen LogP contribution in [0.15, 0.2) is 54.6 Å². The van der Waals surface area contributed by atoms with Gasteiger partial charge in [0, 0.05) is 13.7 Å². The summed E-state index contributed by atoms with van der Waals surface area (Å²) in [6, 6.07) is 17.2. The van der Waals surface area contributed by atoms with E-state index in [2.05, 4.69) is 0 Å². The lowest BCUT2D eigenvalue weighted by molar-refractivity contribution is -0.0824. The van der Waals surface area contributed by atoms with E-state index in [0.29, 0.717) is 30.9 Å². The number of hydrogen-bond donors (Lipinski definition) is 1. The molecular formula is C23H27NO4. The number of aliphatic hydroxyl groups is 1. The molecule has 1 aliphatic carbocycles. The summed E-state index contributed by atoms with van der Waals surface area (Å²) in [5.74, 6) is 0.532. The maximum Gasteiger partial charge on any atom is 0.257 e. The number of ether oxygens (including phenoxy) is 2. The molecule has 4 rings (SSSR count). The van der Waals surface area contributed by atoms with Gasteiger partial charge < -0.3 is 19.5 Å². The molecule has 1 amide bonds. The Kier molecular flexibility index (Phi) is 5.38. The molecule has 5 heteroatoms. The van der Waals surface area contributed by atoms with Crippen LogP contribution in [0.25, 0.3) is 0 Å². The van der Waals surface area contributed by atoms with E-state index in [1.807, 2.05) is 59.5 Å². The van der Waals surface area contributed by atoms with Gasteiger partial charge in [-0.15, -0.1) is 0 Å². The minimum atomic E-state index is -0.383.